The first-order valence-electron chi connectivity index (χ1n) is 7.75. The summed E-state index contributed by atoms with van der Waals surface area (Å²) in [5, 5.41) is -0.434. The maximum atomic E-state index is 13.3. The van der Waals surface area contributed by atoms with Gasteiger partial charge < -0.3 is 4.57 Å². The van der Waals surface area contributed by atoms with Crippen molar-refractivity contribution >= 4 is 29.3 Å². The Balaban J connectivity index is 1.64. The van der Waals surface area contributed by atoms with E-state index in [1.54, 1.807) is 34.9 Å². The van der Waals surface area contributed by atoms with Crippen molar-refractivity contribution in [2.24, 2.45) is 5.92 Å². The second kappa shape index (κ2) is 4.69. The Bertz CT molecular complexity index is 922. The smallest absolute Gasteiger partial charge is 0.333 e. The van der Waals surface area contributed by atoms with Crippen molar-refractivity contribution < 1.29 is 22.8 Å². The van der Waals surface area contributed by atoms with Gasteiger partial charge in [0, 0.05) is 17.1 Å². The largest absolute Gasteiger partial charge is 0.418 e. The van der Waals surface area contributed by atoms with Crippen LogP contribution in [0, 0.1) is 5.92 Å². The van der Waals surface area contributed by atoms with Crippen LogP contribution in [0.5, 0.6) is 0 Å². The molecule has 1 saturated heterocycles. The van der Waals surface area contributed by atoms with Crippen molar-refractivity contribution in [1.29, 1.82) is 0 Å². The molecule has 2 aromatic rings. The summed E-state index contributed by atoms with van der Waals surface area (Å²) in [5.41, 5.74) is 0.275. The molecule has 3 atom stereocenters. The molecule has 0 N–H and O–H groups in total. The zero-order valence-corrected chi connectivity index (χ0v) is 13.5. The Kier molecular flexibility index (Phi) is 2.83. The molecule has 1 aromatic heterocycles. The van der Waals surface area contributed by atoms with Crippen LogP contribution in [0.3, 0.4) is 0 Å². The van der Waals surface area contributed by atoms with E-state index in [4.69, 9.17) is 0 Å². The van der Waals surface area contributed by atoms with Gasteiger partial charge in [-0.1, -0.05) is 18.2 Å². The van der Waals surface area contributed by atoms with Gasteiger partial charge in [-0.25, -0.2) is 4.90 Å². The number of anilines is 1. The molecule has 4 heterocycles. The van der Waals surface area contributed by atoms with Gasteiger partial charge in [-0.2, -0.15) is 13.2 Å². The lowest BCUT2D eigenvalue weighted by Gasteiger charge is -2.18. The number of benzene rings is 1. The van der Waals surface area contributed by atoms with Gasteiger partial charge in [0.1, 0.15) is 0 Å². The van der Waals surface area contributed by atoms with Crippen LogP contribution in [-0.2, 0) is 21.5 Å². The topological polar surface area (TPSA) is 42.3 Å². The summed E-state index contributed by atoms with van der Waals surface area (Å²) in [7, 11) is 0. The number of hydrogen-bond acceptors (Lipinski definition) is 3. The van der Waals surface area contributed by atoms with Gasteiger partial charge in [-0.3, -0.25) is 9.59 Å². The Hall–Kier alpha value is -2.22. The van der Waals surface area contributed by atoms with Crippen LogP contribution in [0.4, 0.5) is 18.9 Å². The molecule has 1 fully saturated rings. The normalized spacial score (nSPS) is 27.2. The van der Waals surface area contributed by atoms with Gasteiger partial charge in [-0.05, 0) is 18.2 Å². The number of hydrogen-bond donors (Lipinski definition) is 0. The third-order valence-corrected chi connectivity index (χ3v) is 6.40. The molecule has 4 nitrogen and oxygen atoms in total. The highest BCUT2D eigenvalue weighted by molar-refractivity contribution is 7.98. The number of thioether (sulfide) groups is 1. The number of halogens is 3. The highest BCUT2D eigenvalue weighted by atomic mass is 32.2. The average Bonchev–Trinajstić information content (AvgIpc) is 3.25. The van der Waals surface area contributed by atoms with E-state index in [1.807, 2.05) is 0 Å². The van der Waals surface area contributed by atoms with E-state index in [9.17, 15) is 22.8 Å². The van der Waals surface area contributed by atoms with Crippen molar-refractivity contribution in [2.75, 3.05) is 4.90 Å². The number of rotatable bonds is 1. The van der Waals surface area contributed by atoms with Gasteiger partial charge in [0.15, 0.2) is 0 Å². The first-order valence-corrected chi connectivity index (χ1v) is 8.80. The molecule has 0 saturated carbocycles. The molecule has 0 aliphatic carbocycles. The summed E-state index contributed by atoms with van der Waals surface area (Å²) in [5.74, 6) is -2.03. The second-order valence-corrected chi connectivity index (χ2v) is 7.45. The minimum absolute atomic E-state index is 0.179. The van der Waals surface area contributed by atoms with Crippen molar-refractivity contribution in [3.8, 4) is 0 Å². The molecule has 2 amide bonds. The number of aromatic nitrogens is 1. The molecular formula is C17H11F3N2O2S. The Morgan fingerprint density at radius 3 is 2.48 bits per heavy atom. The zero-order valence-electron chi connectivity index (χ0n) is 12.7. The van der Waals surface area contributed by atoms with E-state index in [2.05, 4.69) is 0 Å². The van der Waals surface area contributed by atoms with E-state index < -0.39 is 34.9 Å². The van der Waals surface area contributed by atoms with Crippen LogP contribution in [0.1, 0.15) is 28.2 Å². The van der Waals surface area contributed by atoms with Gasteiger partial charge in [0.05, 0.1) is 28.5 Å². The lowest BCUT2D eigenvalue weighted by atomic mass is 9.95. The molecule has 0 radical (unpaired) electrons. The zero-order chi connectivity index (χ0) is 17.5. The highest BCUT2D eigenvalue weighted by Gasteiger charge is 2.61. The maximum absolute atomic E-state index is 13.3. The van der Waals surface area contributed by atoms with Crippen LogP contribution in [0.15, 0.2) is 36.4 Å². The van der Waals surface area contributed by atoms with Gasteiger partial charge in [0.2, 0.25) is 11.8 Å². The maximum Gasteiger partial charge on any atom is 0.418 e. The van der Waals surface area contributed by atoms with Crippen LogP contribution in [0.25, 0.3) is 0 Å². The van der Waals surface area contributed by atoms with Crippen molar-refractivity contribution in [3.05, 3.63) is 53.3 Å². The van der Waals surface area contributed by atoms with Crippen LogP contribution in [-0.4, -0.2) is 16.4 Å². The minimum atomic E-state index is -4.46. The van der Waals surface area contributed by atoms with Crippen LogP contribution >= 0.6 is 11.8 Å². The summed E-state index contributed by atoms with van der Waals surface area (Å²) in [6.45, 7) is 0. The third kappa shape index (κ3) is 1.80. The van der Waals surface area contributed by atoms with Crippen molar-refractivity contribution in [1.82, 2.24) is 4.57 Å². The summed E-state index contributed by atoms with van der Waals surface area (Å²) in [4.78, 5) is 26.9. The monoisotopic (exact) mass is 364 g/mol. The summed E-state index contributed by atoms with van der Waals surface area (Å²) in [6.07, 6.45) is -4.46. The number of carbonyl (C=O) groups is 2. The fraction of sp³-hybridized carbons (Fsp3) is 0.294. The van der Waals surface area contributed by atoms with Gasteiger partial charge >= 0.3 is 6.18 Å². The Morgan fingerprint density at radius 1 is 1.08 bits per heavy atom. The van der Waals surface area contributed by atoms with E-state index in [0.29, 0.717) is 11.4 Å². The molecule has 1 aromatic carbocycles. The van der Waals surface area contributed by atoms with Crippen molar-refractivity contribution in [2.45, 2.75) is 23.2 Å². The lowest BCUT2D eigenvalue weighted by molar-refractivity contribution is -0.138. The van der Waals surface area contributed by atoms with Crippen LogP contribution < -0.4 is 4.90 Å². The fourth-order valence-electron chi connectivity index (χ4n) is 4.14. The molecule has 0 bridgehead atoms. The molecule has 128 valence electrons. The van der Waals surface area contributed by atoms with Crippen molar-refractivity contribution in [3.63, 3.8) is 0 Å². The molecule has 3 aliphatic heterocycles. The number of nitrogens with zero attached hydrogens (tertiary/aromatic N) is 2. The molecule has 0 unspecified atom stereocenters. The number of fused-ring (bicyclic) bond motifs is 3. The number of para-hydroxylation sites is 1. The lowest BCUT2D eigenvalue weighted by Crippen LogP contribution is -2.32. The standard InChI is InChI=1S/C17H11F3N2O2S/c18-17(19,20)9-6-10-12-13(16-22(10)11(9)7-25-16)15(24)21(14(12)23)8-4-2-1-3-5-8/h1-6,12-13,16H,7H2/t12-,13+,16+/m1/s1. The van der Waals surface area contributed by atoms with Gasteiger partial charge in [0.25, 0.3) is 0 Å². The molecular weight excluding hydrogens is 353 g/mol. The molecule has 0 spiro atoms. The SMILES string of the molecule is O=C1[C@@H]2[C@H](C(=O)N1c1ccccc1)c1cc(C(F)(F)F)c3n1[C@H]2SC3. The summed E-state index contributed by atoms with van der Waals surface area (Å²) in [6, 6.07) is 9.59. The summed E-state index contributed by atoms with van der Waals surface area (Å²) >= 11 is 1.30. The minimum Gasteiger partial charge on any atom is -0.333 e. The Morgan fingerprint density at radius 2 is 1.80 bits per heavy atom. The Labute approximate surface area is 144 Å². The fourth-order valence-corrected chi connectivity index (χ4v) is 5.65. The predicted molar refractivity (Wildman–Crippen MR) is 84.9 cm³/mol. The van der Waals surface area contributed by atoms with Gasteiger partial charge in [-0.15, -0.1) is 11.8 Å². The van der Waals surface area contributed by atoms with Crippen LogP contribution in [0.2, 0.25) is 0 Å². The van der Waals surface area contributed by atoms with E-state index in [-0.39, 0.29) is 17.4 Å². The second-order valence-electron chi connectivity index (χ2n) is 6.35. The number of alkyl halides is 3. The molecule has 8 heteroatoms. The first-order chi connectivity index (χ1) is 11.9. The average molecular weight is 364 g/mol. The third-order valence-electron chi connectivity index (χ3n) is 5.11. The molecule has 5 rings (SSSR count). The van der Waals surface area contributed by atoms with E-state index >= 15 is 0 Å². The highest BCUT2D eigenvalue weighted by Crippen LogP contribution is 2.59. The quantitative estimate of drug-likeness (QED) is 0.727. The van der Waals surface area contributed by atoms with E-state index in [0.717, 1.165) is 11.0 Å². The molecule has 3 aliphatic rings. The first kappa shape index (κ1) is 15.1. The molecule has 25 heavy (non-hydrogen) atoms. The number of amides is 2. The summed E-state index contributed by atoms with van der Waals surface area (Å²) < 4.78 is 41.4. The van der Waals surface area contributed by atoms with E-state index in [1.165, 1.54) is 11.8 Å². The number of carbonyl (C=O) groups excluding carboxylic acids is 2. The number of imide groups is 1. The predicted octanol–water partition coefficient (Wildman–Crippen LogP) is 3.54.